The zero-order chi connectivity index (χ0) is 8.93. The maximum atomic E-state index is 5.85. The van der Waals surface area contributed by atoms with E-state index < -0.39 is 0 Å². The van der Waals surface area contributed by atoms with E-state index in [2.05, 4.69) is 5.32 Å². The molecule has 1 aliphatic heterocycles. The van der Waals surface area contributed by atoms with Crippen molar-refractivity contribution in [2.45, 2.75) is 44.6 Å². The van der Waals surface area contributed by atoms with Gasteiger partial charge in [-0.2, -0.15) is 0 Å². The third-order valence-corrected chi connectivity index (χ3v) is 3.39. The summed E-state index contributed by atoms with van der Waals surface area (Å²) in [6.45, 7) is 3.30. The Kier molecular flexibility index (Phi) is 3.62. The SMILES string of the molecule is C1CC(CCOC2CCNCC2)C1. The van der Waals surface area contributed by atoms with Gasteiger partial charge in [0.15, 0.2) is 0 Å². The molecule has 2 aliphatic rings. The number of piperidine rings is 1. The summed E-state index contributed by atoms with van der Waals surface area (Å²) in [6.07, 6.45) is 8.66. The van der Waals surface area contributed by atoms with Crippen molar-refractivity contribution in [2.75, 3.05) is 19.7 Å². The highest BCUT2D eigenvalue weighted by molar-refractivity contribution is 4.71. The van der Waals surface area contributed by atoms with Crippen LogP contribution in [0.3, 0.4) is 0 Å². The van der Waals surface area contributed by atoms with Gasteiger partial charge in [-0.3, -0.25) is 0 Å². The van der Waals surface area contributed by atoms with Crippen LogP contribution in [0.25, 0.3) is 0 Å². The minimum Gasteiger partial charge on any atom is -0.378 e. The fraction of sp³-hybridized carbons (Fsp3) is 1.00. The average molecular weight is 183 g/mol. The van der Waals surface area contributed by atoms with E-state index >= 15 is 0 Å². The Morgan fingerprint density at radius 3 is 2.46 bits per heavy atom. The van der Waals surface area contributed by atoms with Crippen LogP contribution in [0.15, 0.2) is 0 Å². The topological polar surface area (TPSA) is 21.3 Å². The molecular formula is C11H21NO. The molecule has 0 aromatic rings. The van der Waals surface area contributed by atoms with Gasteiger partial charge in [-0.05, 0) is 38.3 Å². The van der Waals surface area contributed by atoms with E-state index in [1.807, 2.05) is 0 Å². The largest absolute Gasteiger partial charge is 0.378 e. The van der Waals surface area contributed by atoms with Crippen molar-refractivity contribution in [1.29, 1.82) is 0 Å². The van der Waals surface area contributed by atoms with Crippen molar-refractivity contribution >= 4 is 0 Å². The summed E-state index contributed by atoms with van der Waals surface area (Å²) in [5.74, 6) is 1.00. The summed E-state index contributed by atoms with van der Waals surface area (Å²) >= 11 is 0. The van der Waals surface area contributed by atoms with Crippen LogP contribution < -0.4 is 5.32 Å². The number of ether oxygens (including phenoxy) is 1. The van der Waals surface area contributed by atoms with Gasteiger partial charge >= 0.3 is 0 Å². The Labute approximate surface area is 81.0 Å². The van der Waals surface area contributed by atoms with Crippen LogP contribution in [0, 0.1) is 5.92 Å². The maximum absolute atomic E-state index is 5.85. The number of hydrogen-bond acceptors (Lipinski definition) is 2. The molecule has 1 heterocycles. The molecule has 0 bridgehead atoms. The third-order valence-electron chi connectivity index (χ3n) is 3.39. The van der Waals surface area contributed by atoms with Gasteiger partial charge in [-0.25, -0.2) is 0 Å². The van der Waals surface area contributed by atoms with E-state index in [0.717, 1.165) is 25.6 Å². The third kappa shape index (κ3) is 2.96. The van der Waals surface area contributed by atoms with E-state index in [9.17, 15) is 0 Å². The Balaban J connectivity index is 1.50. The number of hydrogen-bond donors (Lipinski definition) is 1. The average Bonchev–Trinajstić information content (AvgIpc) is 2.11. The molecule has 2 heteroatoms. The molecule has 2 fully saturated rings. The summed E-state index contributed by atoms with van der Waals surface area (Å²) in [5, 5.41) is 3.36. The first-order valence-electron chi connectivity index (χ1n) is 5.77. The van der Waals surface area contributed by atoms with Crippen LogP contribution in [-0.2, 0) is 4.74 Å². The van der Waals surface area contributed by atoms with E-state index in [-0.39, 0.29) is 0 Å². The minimum atomic E-state index is 0.557. The molecule has 0 unspecified atom stereocenters. The lowest BCUT2D eigenvalue weighted by atomic mass is 9.83. The highest BCUT2D eigenvalue weighted by atomic mass is 16.5. The first kappa shape index (κ1) is 9.47. The summed E-state index contributed by atoms with van der Waals surface area (Å²) in [7, 11) is 0. The summed E-state index contributed by atoms with van der Waals surface area (Å²) in [6, 6.07) is 0. The van der Waals surface area contributed by atoms with Gasteiger partial charge in [0, 0.05) is 6.61 Å². The van der Waals surface area contributed by atoms with Crippen LogP contribution in [0.4, 0.5) is 0 Å². The molecule has 0 aromatic carbocycles. The van der Waals surface area contributed by atoms with Crippen LogP contribution in [0.2, 0.25) is 0 Å². The molecule has 0 amide bonds. The second kappa shape index (κ2) is 4.97. The number of nitrogens with one attached hydrogen (secondary N) is 1. The van der Waals surface area contributed by atoms with E-state index in [1.165, 1.54) is 38.5 Å². The van der Waals surface area contributed by atoms with Crippen molar-refractivity contribution in [1.82, 2.24) is 5.32 Å². The molecule has 0 atom stereocenters. The fourth-order valence-electron chi connectivity index (χ4n) is 2.14. The highest BCUT2D eigenvalue weighted by Gasteiger charge is 2.18. The minimum absolute atomic E-state index is 0.557. The standard InChI is InChI=1S/C11H21NO/c1-2-10(3-1)6-9-13-11-4-7-12-8-5-11/h10-12H,1-9H2. The summed E-state index contributed by atoms with van der Waals surface area (Å²) < 4.78 is 5.85. The van der Waals surface area contributed by atoms with Gasteiger partial charge in [0.25, 0.3) is 0 Å². The van der Waals surface area contributed by atoms with Crippen molar-refractivity contribution in [3.63, 3.8) is 0 Å². The van der Waals surface area contributed by atoms with E-state index in [0.29, 0.717) is 6.10 Å². The zero-order valence-corrected chi connectivity index (χ0v) is 8.43. The Bertz CT molecular complexity index is 139. The van der Waals surface area contributed by atoms with Gasteiger partial charge in [0.1, 0.15) is 0 Å². The lowest BCUT2D eigenvalue weighted by Gasteiger charge is -2.27. The van der Waals surface area contributed by atoms with Crippen molar-refractivity contribution < 1.29 is 4.74 Å². The lowest BCUT2D eigenvalue weighted by Crippen LogP contribution is -2.33. The lowest BCUT2D eigenvalue weighted by molar-refractivity contribution is 0.0203. The Morgan fingerprint density at radius 1 is 1.08 bits per heavy atom. The fourth-order valence-corrected chi connectivity index (χ4v) is 2.14. The zero-order valence-electron chi connectivity index (χ0n) is 8.43. The first-order valence-corrected chi connectivity index (χ1v) is 5.77. The second-order valence-corrected chi connectivity index (χ2v) is 4.41. The van der Waals surface area contributed by atoms with Crippen LogP contribution >= 0.6 is 0 Å². The normalized spacial score (nSPS) is 25.8. The highest BCUT2D eigenvalue weighted by Crippen LogP contribution is 2.29. The molecular weight excluding hydrogens is 162 g/mol. The molecule has 0 radical (unpaired) electrons. The smallest absolute Gasteiger partial charge is 0.0599 e. The molecule has 76 valence electrons. The second-order valence-electron chi connectivity index (χ2n) is 4.41. The van der Waals surface area contributed by atoms with Crippen LogP contribution in [-0.4, -0.2) is 25.8 Å². The molecule has 1 aliphatic carbocycles. The Morgan fingerprint density at radius 2 is 1.85 bits per heavy atom. The predicted octanol–water partition coefficient (Wildman–Crippen LogP) is 1.95. The van der Waals surface area contributed by atoms with Crippen molar-refractivity contribution in [3.8, 4) is 0 Å². The maximum Gasteiger partial charge on any atom is 0.0599 e. The number of rotatable bonds is 4. The van der Waals surface area contributed by atoms with Gasteiger partial charge in [-0.1, -0.05) is 19.3 Å². The van der Waals surface area contributed by atoms with Crippen molar-refractivity contribution in [2.24, 2.45) is 5.92 Å². The van der Waals surface area contributed by atoms with Crippen LogP contribution in [0.5, 0.6) is 0 Å². The summed E-state index contributed by atoms with van der Waals surface area (Å²) in [5.41, 5.74) is 0. The molecule has 2 rings (SSSR count). The predicted molar refractivity (Wildman–Crippen MR) is 53.8 cm³/mol. The molecule has 0 aromatic heterocycles. The molecule has 13 heavy (non-hydrogen) atoms. The van der Waals surface area contributed by atoms with Gasteiger partial charge in [-0.15, -0.1) is 0 Å². The van der Waals surface area contributed by atoms with Gasteiger partial charge in [0.2, 0.25) is 0 Å². The molecule has 1 saturated heterocycles. The molecule has 0 spiro atoms. The van der Waals surface area contributed by atoms with Gasteiger partial charge in [0.05, 0.1) is 6.10 Å². The van der Waals surface area contributed by atoms with E-state index in [1.54, 1.807) is 0 Å². The molecule has 1 saturated carbocycles. The van der Waals surface area contributed by atoms with E-state index in [4.69, 9.17) is 4.74 Å². The Hall–Kier alpha value is -0.0800. The molecule has 1 N–H and O–H groups in total. The first-order chi connectivity index (χ1) is 6.45. The monoisotopic (exact) mass is 183 g/mol. The van der Waals surface area contributed by atoms with Crippen molar-refractivity contribution in [3.05, 3.63) is 0 Å². The van der Waals surface area contributed by atoms with Gasteiger partial charge < -0.3 is 10.1 Å². The molecule has 2 nitrogen and oxygen atoms in total. The summed E-state index contributed by atoms with van der Waals surface area (Å²) in [4.78, 5) is 0. The van der Waals surface area contributed by atoms with Crippen LogP contribution in [0.1, 0.15) is 38.5 Å². The quantitative estimate of drug-likeness (QED) is 0.719.